The Bertz CT molecular complexity index is 1810. The molecule has 1 aromatic heterocycles. The number of hydrogen-bond donors (Lipinski definition) is 0. The maximum absolute atomic E-state index is 13.3. The lowest BCUT2D eigenvalue weighted by atomic mass is 9.95. The van der Waals surface area contributed by atoms with Crippen LogP contribution in [0.25, 0.3) is 0 Å². The molecule has 4 aromatic rings. The number of pyridine rings is 1. The van der Waals surface area contributed by atoms with Gasteiger partial charge in [0.15, 0.2) is 0 Å². The SMILES string of the molecule is CC(=NC#N)N(C)Cc1ccc(Cl)nc1.CCOc1ccc(C2(C(=O)OC(C#N)c3cccc(Oc4ccccc4)c3)CC2(Cl)Cl)cc1. The quantitative estimate of drug-likeness (QED) is 0.0402. The summed E-state index contributed by atoms with van der Waals surface area (Å²) in [5.74, 6) is 1.86. The van der Waals surface area contributed by atoms with Crippen molar-refractivity contribution in [2.75, 3.05) is 13.7 Å². The monoisotopic (exact) mass is 703 g/mol. The van der Waals surface area contributed by atoms with E-state index in [4.69, 9.17) is 54.3 Å². The summed E-state index contributed by atoms with van der Waals surface area (Å²) in [6, 6.07) is 28.8. The Hall–Kier alpha value is -4.80. The predicted molar refractivity (Wildman–Crippen MR) is 185 cm³/mol. The van der Waals surface area contributed by atoms with Crippen LogP contribution < -0.4 is 9.47 Å². The first-order chi connectivity index (χ1) is 23.0. The van der Waals surface area contributed by atoms with E-state index in [0.717, 1.165) is 5.56 Å². The van der Waals surface area contributed by atoms with Crippen molar-refractivity contribution in [3.8, 4) is 29.5 Å². The molecule has 3 aromatic carbocycles. The summed E-state index contributed by atoms with van der Waals surface area (Å²) < 4.78 is 15.6. The van der Waals surface area contributed by atoms with Gasteiger partial charge < -0.3 is 19.1 Å². The van der Waals surface area contributed by atoms with Gasteiger partial charge >= 0.3 is 5.97 Å². The molecular weight excluding hydrogens is 673 g/mol. The summed E-state index contributed by atoms with van der Waals surface area (Å²) in [7, 11) is 1.87. The van der Waals surface area contributed by atoms with Crippen LogP contribution in [0.15, 0.2) is 102 Å². The highest BCUT2D eigenvalue weighted by molar-refractivity contribution is 6.54. The van der Waals surface area contributed by atoms with E-state index in [2.05, 4.69) is 9.98 Å². The zero-order chi connectivity index (χ0) is 34.7. The number of carbonyl (C=O) groups excluding carboxylic acids is 1. The number of carbonyl (C=O) groups is 1. The fraction of sp³-hybridized carbons (Fsp3) is 0.250. The van der Waals surface area contributed by atoms with Crippen molar-refractivity contribution < 1.29 is 19.0 Å². The first-order valence-electron chi connectivity index (χ1n) is 14.8. The third-order valence-corrected chi connectivity index (χ3v) is 8.58. The molecule has 1 aliphatic carbocycles. The van der Waals surface area contributed by atoms with Crippen molar-refractivity contribution in [1.29, 1.82) is 10.5 Å². The minimum absolute atomic E-state index is 0.186. The summed E-state index contributed by atoms with van der Waals surface area (Å²) >= 11 is 18.5. The number of esters is 1. The second-order valence-electron chi connectivity index (χ2n) is 10.8. The number of benzene rings is 3. The van der Waals surface area contributed by atoms with Gasteiger partial charge in [-0.05, 0) is 67.4 Å². The lowest BCUT2D eigenvalue weighted by molar-refractivity contribution is -0.150. The molecule has 1 heterocycles. The van der Waals surface area contributed by atoms with Crippen LogP contribution in [0.3, 0.4) is 0 Å². The van der Waals surface area contributed by atoms with Crippen LogP contribution in [0, 0.1) is 22.8 Å². The summed E-state index contributed by atoms with van der Waals surface area (Å²) in [4.78, 5) is 22.7. The largest absolute Gasteiger partial charge is 0.494 e. The molecule has 0 bridgehead atoms. The number of aliphatic imine (C=N–C) groups is 1. The Morgan fingerprint density at radius 1 is 1.00 bits per heavy atom. The van der Waals surface area contributed by atoms with E-state index in [1.54, 1.807) is 73.9 Å². The standard InChI is InChI=1S/C26H21Cl2NO4.C10H11ClN4/c1-2-31-20-13-11-19(12-14-20)25(17-26(25,27)28)24(30)33-23(16-29)18-7-6-10-22(15-18)32-21-8-4-3-5-9-21;1-8(14-7-12)15(2)6-9-3-4-10(11)13-5-9/h3-15,23H,2,17H2,1H3;3-5H,6H2,1-2H3. The maximum Gasteiger partial charge on any atom is 0.321 e. The van der Waals surface area contributed by atoms with Crippen LogP contribution in [0.1, 0.15) is 43.1 Å². The smallest absolute Gasteiger partial charge is 0.321 e. The molecule has 1 fully saturated rings. The van der Waals surface area contributed by atoms with Crippen LogP contribution in [-0.4, -0.2) is 39.7 Å². The fourth-order valence-electron chi connectivity index (χ4n) is 4.73. The van der Waals surface area contributed by atoms with Gasteiger partial charge in [0, 0.05) is 31.8 Å². The number of nitrogens with zero attached hydrogens (tertiary/aromatic N) is 5. The summed E-state index contributed by atoms with van der Waals surface area (Å²) in [6.45, 7) is 4.85. The van der Waals surface area contributed by atoms with Crippen molar-refractivity contribution >= 4 is 46.6 Å². The molecule has 48 heavy (non-hydrogen) atoms. The molecule has 1 saturated carbocycles. The minimum atomic E-state index is -1.32. The van der Waals surface area contributed by atoms with Crippen molar-refractivity contribution in [2.45, 2.75) is 42.7 Å². The van der Waals surface area contributed by atoms with E-state index < -0.39 is 21.8 Å². The Morgan fingerprint density at radius 3 is 2.27 bits per heavy atom. The first-order valence-corrected chi connectivity index (χ1v) is 16.0. The number of rotatable bonds is 10. The summed E-state index contributed by atoms with van der Waals surface area (Å²) in [5, 5.41) is 18.6. The number of aromatic nitrogens is 1. The van der Waals surface area contributed by atoms with Crippen molar-refractivity contribution in [3.63, 3.8) is 0 Å². The molecular formula is C36H32Cl3N5O4. The van der Waals surface area contributed by atoms with Crippen molar-refractivity contribution in [1.82, 2.24) is 9.88 Å². The number of nitriles is 2. The number of ether oxygens (including phenoxy) is 3. The van der Waals surface area contributed by atoms with E-state index in [1.165, 1.54) is 0 Å². The molecule has 0 amide bonds. The molecule has 9 nitrogen and oxygen atoms in total. The molecule has 0 N–H and O–H groups in total. The van der Waals surface area contributed by atoms with E-state index in [9.17, 15) is 10.1 Å². The Balaban J connectivity index is 0.000000291. The third kappa shape index (κ3) is 8.96. The van der Waals surface area contributed by atoms with Gasteiger partial charge in [-0.1, -0.05) is 83.3 Å². The third-order valence-electron chi connectivity index (χ3n) is 7.45. The van der Waals surface area contributed by atoms with Gasteiger partial charge in [-0.25, -0.2) is 4.98 Å². The number of alkyl halides is 2. The van der Waals surface area contributed by atoms with Gasteiger partial charge in [-0.3, -0.25) is 4.79 Å². The number of amidine groups is 1. The molecule has 0 radical (unpaired) electrons. The second kappa shape index (κ2) is 16.3. The molecule has 2 atom stereocenters. The van der Waals surface area contributed by atoms with Crippen LogP contribution in [-0.2, 0) is 21.5 Å². The van der Waals surface area contributed by atoms with E-state index >= 15 is 0 Å². The van der Waals surface area contributed by atoms with Gasteiger partial charge in [0.05, 0.1) is 6.61 Å². The zero-order valence-electron chi connectivity index (χ0n) is 26.4. The van der Waals surface area contributed by atoms with Crippen LogP contribution in [0.5, 0.6) is 17.2 Å². The average molecular weight is 705 g/mol. The lowest BCUT2D eigenvalue weighted by Crippen LogP contribution is -2.30. The number of halogens is 3. The Morgan fingerprint density at radius 2 is 1.69 bits per heavy atom. The summed E-state index contributed by atoms with van der Waals surface area (Å²) in [6.07, 6.45) is 2.49. The van der Waals surface area contributed by atoms with Gasteiger partial charge in [0.25, 0.3) is 0 Å². The molecule has 0 spiro atoms. The highest BCUT2D eigenvalue weighted by Crippen LogP contribution is 2.65. The maximum atomic E-state index is 13.3. The van der Waals surface area contributed by atoms with Crippen LogP contribution >= 0.6 is 34.8 Å². The molecule has 246 valence electrons. The minimum Gasteiger partial charge on any atom is -0.494 e. The lowest BCUT2D eigenvalue weighted by Gasteiger charge is -2.20. The fourth-order valence-corrected chi connectivity index (χ4v) is 5.62. The number of hydrogen-bond acceptors (Lipinski definition) is 8. The highest BCUT2D eigenvalue weighted by Gasteiger charge is 2.73. The van der Waals surface area contributed by atoms with Gasteiger partial charge in [-0.15, -0.1) is 0 Å². The Kier molecular flexibility index (Phi) is 12.3. The first kappa shape index (κ1) is 36.0. The molecule has 0 aliphatic heterocycles. The van der Waals surface area contributed by atoms with Crippen LogP contribution in [0.4, 0.5) is 0 Å². The van der Waals surface area contributed by atoms with E-state index in [1.807, 2.05) is 61.3 Å². The normalized spacial score (nSPS) is 16.5. The van der Waals surface area contributed by atoms with E-state index in [0.29, 0.717) is 52.5 Å². The highest BCUT2D eigenvalue weighted by atomic mass is 35.5. The van der Waals surface area contributed by atoms with Gasteiger partial charge in [0.1, 0.15) is 44.1 Å². The van der Waals surface area contributed by atoms with E-state index in [-0.39, 0.29) is 6.42 Å². The van der Waals surface area contributed by atoms with Gasteiger partial charge in [0.2, 0.25) is 12.3 Å². The molecule has 2 unspecified atom stereocenters. The van der Waals surface area contributed by atoms with Crippen LogP contribution in [0.2, 0.25) is 5.15 Å². The summed E-state index contributed by atoms with van der Waals surface area (Å²) in [5.41, 5.74) is 0.860. The van der Waals surface area contributed by atoms with Crippen molar-refractivity contribution in [3.05, 3.63) is 119 Å². The molecule has 1 aliphatic rings. The average Bonchev–Trinajstić information content (AvgIpc) is 3.68. The zero-order valence-corrected chi connectivity index (χ0v) is 28.7. The predicted octanol–water partition coefficient (Wildman–Crippen LogP) is 8.57. The van der Waals surface area contributed by atoms with Crippen molar-refractivity contribution in [2.24, 2.45) is 4.99 Å². The molecule has 0 saturated heterocycles. The molecule has 5 rings (SSSR count). The Labute approximate surface area is 294 Å². The topological polar surface area (TPSA) is 121 Å². The number of para-hydroxylation sites is 1. The van der Waals surface area contributed by atoms with Gasteiger partial charge in [-0.2, -0.15) is 15.5 Å². The molecule has 12 heteroatoms. The second-order valence-corrected chi connectivity index (χ2v) is 12.6.